The molecule has 0 aliphatic heterocycles. The molecule has 0 spiro atoms. The monoisotopic (exact) mass is 275 g/mol. The first kappa shape index (κ1) is 13.4. The van der Waals surface area contributed by atoms with Gasteiger partial charge < -0.3 is 9.30 Å². The van der Waals surface area contributed by atoms with Gasteiger partial charge in [-0.05, 0) is 29.8 Å². The van der Waals surface area contributed by atoms with Crippen molar-refractivity contribution >= 4 is 23.6 Å². The van der Waals surface area contributed by atoms with Crippen molar-refractivity contribution in [3.8, 4) is 0 Å². The smallest absolute Gasteiger partial charge is 0.335 e. The molecule has 0 saturated carbocycles. The van der Waals surface area contributed by atoms with Crippen LogP contribution in [0.25, 0.3) is 6.08 Å². The Hall–Kier alpha value is -2.00. The molecule has 0 N–H and O–H groups in total. The molecule has 19 heavy (non-hydrogen) atoms. The third-order valence-corrected chi connectivity index (χ3v) is 3.05. The molecule has 0 aliphatic carbocycles. The summed E-state index contributed by atoms with van der Waals surface area (Å²) in [7, 11) is 1.37. The van der Waals surface area contributed by atoms with Crippen LogP contribution in [0.2, 0.25) is 5.02 Å². The van der Waals surface area contributed by atoms with Crippen LogP contribution in [-0.4, -0.2) is 17.6 Å². The molecule has 1 aromatic heterocycles. The number of carbonyl (C=O) groups excluding carboxylic acids is 1. The molecule has 0 aliphatic rings. The fraction of sp³-hybridized carbons (Fsp3) is 0.133. The summed E-state index contributed by atoms with van der Waals surface area (Å²) < 4.78 is 6.71. The number of ether oxygens (including phenoxy) is 1. The highest BCUT2D eigenvalue weighted by atomic mass is 35.5. The fourth-order valence-corrected chi connectivity index (χ4v) is 1.94. The van der Waals surface area contributed by atoms with Gasteiger partial charge in [0.05, 0.1) is 19.2 Å². The number of aromatic nitrogens is 1. The van der Waals surface area contributed by atoms with Crippen LogP contribution < -0.4 is 0 Å². The van der Waals surface area contributed by atoms with E-state index in [0.717, 1.165) is 5.56 Å². The summed E-state index contributed by atoms with van der Waals surface area (Å²) in [6.45, 7) is 0.449. The Bertz CT molecular complexity index is 588. The number of methoxy groups -OCH3 is 1. The lowest BCUT2D eigenvalue weighted by molar-refractivity contribution is -0.136. The van der Waals surface area contributed by atoms with E-state index in [1.54, 1.807) is 12.1 Å². The van der Waals surface area contributed by atoms with Crippen LogP contribution in [-0.2, 0) is 16.1 Å². The maximum absolute atomic E-state index is 11.8. The summed E-state index contributed by atoms with van der Waals surface area (Å²) in [5, 5.41) is 0.608. The molecule has 1 aromatic carbocycles. The molecular formula is C15H14ClNO2. The van der Waals surface area contributed by atoms with Crippen LogP contribution >= 0.6 is 11.6 Å². The van der Waals surface area contributed by atoms with Gasteiger partial charge in [0.15, 0.2) is 0 Å². The van der Waals surface area contributed by atoms with E-state index >= 15 is 0 Å². The molecule has 1 heterocycles. The molecule has 0 fully saturated rings. The van der Waals surface area contributed by atoms with E-state index in [9.17, 15) is 4.79 Å². The molecule has 0 radical (unpaired) electrons. The first-order valence-electron chi connectivity index (χ1n) is 5.85. The molecule has 0 unspecified atom stereocenters. The maximum Gasteiger partial charge on any atom is 0.335 e. The lowest BCUT2D eigenvalue weighted by Gasteiger charge is -2.07. The topological polar surface area (TPSA) is 31.2 Å². The second kappa shape index (κ2) is 6.25. The Morgan fingerprint density at radius 3 is 2.58 bits per heavy atom. The van der Waals surface area contributed by atoms with Gasteiger partial charge in [-0.3, -0.25) is 0 Å². The molecule has 2 aromatic rings. The van der Waals surface area contributed by atoms with Crippen LogP contribution in [0.5, 0.6) is 0 Å². The lowest BCUT2D eigenvalue weighted by atomic mass is 10.1. The summed E-state index contributed by atoms with van der Waals surface area (Å²) in [6.07, 6.45) is 5.54. The SMILES string of the molecule is COC(=O)/C(=C/c1ccccc1Cl)Cn1cccc1. The first-order chi connectivity index (χ1) is 9.20. The number of benzene rings is 1. The van der Waals surface area contributed by atoms with Gasteiger partial charge in [0.1, 0.15) is 0 Å². The summed E-state index contributed by atoms with van der Waals surface area (Å²) in [4.78, 5) is 11.8. The van der Waals surface area contributed by atoms with Crippen molar-refractivity contribution in [2.24, 2.45) is 0 Å². The Kier molecular flexibility index (Phi) is 4.42. The van der Waals surface area contributed by atoms with Crippen LogP contribution in [0.3, 0.4) is 0 Å². The van der Waals surface area contributed by atoms with E-state index in [-0.39, 0.29) is 5.97 Å². The highest BCUT2D eigenvalue weighted by Gasteiger charge is 2.11. The zero-order chi connectivity index (χ0) is 13.7. The zero-order valence-corrected chi connectivity index (χ0v) is 11.3. The predicted molar refractivity (Wildman–Crippen MR) is 75.9 cm³/mol. The Morgan fingerprint density at radius 1 is 1.26 bits per heavy atom. The minimum Gasteiger partial charge on any atom is -0.466 e. The summed E-state index contributed by atoms with van der Waals surface area (Å²) >= 11 is 6.09. The Morgan fingerprint density at radius 2 is 1.95 bits per heavy atom. The molecular weight excluding hydrogens is 262 g/mol. The molecule has 2 rings (SSSR count). The lowest BCUT2D eigenvalue weighted by Crippen LogP contribution is -2.10. The average Bonchev–Trinajstić information content (AvgIpc) is 2.92. The Balaban J connectivity index is 2.32. The highest BCUT2D eigenvalue weighted by Crippen LogP contribution is 2.19. The second-order valence-electron chi connectivity index (χ2n) is 4.04. The van der Waals surface area contributed by atoms with Gasteiger partial charge in [0.25, 0.3) is 0 Å². The first-order valence-corrected chi connectivity index (χ1v) is 6.22. The van der Waals surface area contributed by atoms with Gasteiger partial charge in [-0.2, -0.15) is 0 Å². The standard InChI is InChI=1S/C15H14ClNO2/c1-19-15(18)13(11-17-8-4-5-9-17)10-12-6-2-3-7-14(12)16/h2-10H,11H2,1H3/b13-10+. The third-order valence-electron chi connectivity index (χ3n) is 2.70. The fourth-order valence-electron chi connectivity index (χ4n) is 1.75. The van der Waals surface area contributed by atoms with Crippen molar-refractivity contribution < 1.29 is 9.53 Å². The van der Waals surface area contributed by atoms with Gasteiger partial charge in [0, 0.05) is 17.4 Å². The Labute approximate surface area is 117 Å². The van der Waals surface area contributed by atoms with Gasteiger partial charge >= 0.3 is 5.97 Å². The van der Waals surface area contributed by atoms with Crippen molar-refractivity contribution in [1.82, 2.24) is 4.57 Å². The van der Waals surface area contributed by atoms with E-state index in [1.807, 2.05) is 47.3 Å². The quantitative estimate of drug-likeness (QED) is 0.633. The highest BCUT2D eigenvalue weighted by molar-refractivity contribution is 6.32. The van der Waals surface area contributed by atoms with Crippen molar-refractivity contribution in [3.63, 3.8) is 0 Å². The van der Waals surface area contributed by atoms with E-state index in [2.05, 4.69) is 0 Å². The zero-order valence-electron chi connectivity index (χ0n) is 10.5. The number of hydrogen-bond acceptors (Lipinski definition) is 2. The number of rotatable bonds is 4. The minimum atomic E-state index is -0.353. The number of hydrogen-bond donors (Lipinski definition) is 0. The van der Waals surface area contributed by atoms with Crippen molar-refractivity contribution in [2.45, 2.75) is 6.54 Å². The van der Waals surface area contributed by atoms with E-state index in [4.69, 9.17) is 16.3 Å². The average molecular weight is 276 g/mol. The minimum absolute atomic E-state index is 0.353. The van der Waals surface area contributed by atoms with Gasteiger partial charge in [-0.25, -0.2) is 4.79 Å². The second-order valence-corrected chi connectivity index (χ2v) is 4.45. The van der Waals surface area contributed by atoms with E-state index in [0.29, 0.717) is 17.1 Å². The third kappa shape index (κ3) is 3.48. The van der Waals surface area contributed by atoms with Crippen molar-refractivity contribution in [1.29, 1.82) is 0 Å². The van der Waals surface area contributed by atoms with Crippen LogP contribution in [0.15, 0.2) is 54.4 Å². The number of esters is 1. The summed E-state index contributed by atoms with van der Waals surface area (Å²) in [5.41, 5.74) is 1.35. The predicted octanol–water partition coefficient (Wildman–Crippen LogP) is 3.40. The van der Waals surface area contributed by atoms with E-state index in [1.165, 1.54) is 7.11 Å². The number of halogens is 1. The van der Waals surface area contributed by atoms with Crippen molar-refractivity contribution in [3.05, 3.63) is 65.0 Å². The molecule has 0 saturated heterocycles. The number of nitrogens with zero attached hydrogens (tertiary/aromatic N) is 1. The van der Waals surface area contributed by atoms with Crippen LogP contribution in [0.4, 0.5) is 0 Å². The normalized spacial score (nSPS) is 11.4. The summed E-state index contributed by atoms with van der Waals surface area (Å²) in [5.74, 6) is -0.353. The molecule has 0 bridgehead atoms. The van der Waals surface area contributed by atoms with Crippen LogP contribution in [0.1, 0.15) is 5.56 Å². The molecule has 98 valence electrons. The molecule has 0 amide bonds. The molecule has 0 atom stereocenters. The van der Waals surface area contributed by atoms with Gasteiger partial charge in [-0.1, -0.05) is 29.8 Å². The maximum atomic E-state index is 11.8. The summed E-state index contributed by atoms with van der Waals surface area (Å²) in [6, 6.07) is 11.2. The molecule has 4 heteroatoms. The number of carbonyl (C=O) groups is 1. The van der Waals surface area contributed by atoms with Crippen LogP contribution in [0, 0.1) is 0 Å². The molecule has 3 nitrogen and oxygen atoms in total. The van der Waals surface area contributed by atoms with Gasteiger partial charge in [-0.15, -0.1) is 0 Å². The van der Waals surface area contributed by atoms with E-state index < -0.39 is 0 Å². The largest absolute Gasteiger partial charge is 0.466 e. The van der Waals surface area contributed by atoms with Crippen molar-refractivity contribution in [2.75, 3.05) is 7.11 Å². The van der Waals surface area contributed by atoms with Gasteiger partial charge in [0.2, 0.25) is 0 Å².